The molecule has 0 heterocycles. The molecule has 2 aromatic rings. The minimum atomic E-state index is -0.489. The Balaban J connectivity index is 2.24. The molecule has 2 amide bonds. The summed E-state index contributed by atoms with van der Waals surface area (Å²) in [6.07, 6.45) is 1.63. The Morgan fingerprint density at radius 1 is 1.00 bits per heavy atom. The maximum absolute atomic E-state index is 13.2. The van der Waals surface area contributed by atoms with E-state index < -0.39 is 6.04 Å². The summed E-state index contributed by atoms with van der Waals surface area (Å²) in [4.78, 5) is 28.0. The van der Waals surface area contributed by atoms with Crippen LogP contribution in [-0.4, -0.2) is 28.3 Å². The molecule has 2 aromatic carbocycles. The van der Waals surface area contributed by atoms with Crippen molar-refractivity contribution in [2.75, 3.05) is 0 Å². The molecule has 0 aliphatic carbocycles. The summed E-state index contributed by atoms with van der Waals surface area (Å²) in [5.41, 5.74) is 2.98. The second kappa shape index (κ2) is 10.2. The minimum absolute atomic E-state index is 0.00742. The van der Waals surface area contributed by atoms with E-state index in [4.69, 9.17) is 0 Å². The number of carbonyl (C=O) groups is 2. The van der Waals surface area contributed by atoms with Crippen molar-refractivity contribution < 1.29 is 9.59 Å². The third-order valence-corrected chi connectivity index (χ3v) is 4.96. The second-order valence-electron chi connectivity index (χ2n) is 8.60. The van der Waals surface area contributed by atoms with Gasteiger partial charge in [-0.2, -0.15) is 0 Å². The molecule has 29 heavy (non-hydrogen) atoms. The van der Waals surface area contributed by atoms with Crippen LogP contribution >= 0.6 is 0 Å². The van der Waals surface area contributed by atoms with Crippen LogP contribution in [0.25, 0.3) is 0 Å². The van der Waals surface area contributed by atoms with Gasteiger partial charge in [-0.25, -0.2) is 0 Å². The Kier molecular flexibility index (Phi) is 8.00. The molecule has 1 N–H and O–H groups in total. The highest BCUT2D eigenvalue weighted by atomic mass is 16.2. The normalized spacial score (nSPS) is 12.3. The number of carbonyl (C=O) groups excluding carboxylic acids is 2. The molecule has 0 radical (unpaired) electrons. The zero-order valence-electron chi connectivity index (χ0n) is 18.4. The van der Waals surface area contributed by atoms with Gasteiger partial charge in [-0.15, -0.1) is 0 Å². The van der Waals surface area contributed by atoms with Crippen molar-refractivity contribution in [1.29, 1.82) is 0 Å². The molecule has 1 atom stereocenters. The molecule has 0 saturated heterocycles. The first-order valence-electron chi connectivity index (χ1n) is 10.4. The van der Waals surface area contributed by atoms with Crippen LogP contribution in [0.4, 0.5) is 0 Å². The fourth-order valence-electron chi connectivity index (χ4n) is 3.38. The number of rotatable bonds is 8. The Labute approximate surface area is 175 Å². The summed E-state index contributed by atoms with van der Waals surface area (Å²) in [7, 11) is 0. The maximum Gasteiger partial charge on any atom is 0.243 e. The monoisotopic (exact) mass is 394 g/mol. The highest BCUT2D eigenvalue weighted by Crippen LogP contribution is 2.18. The van der Waals surface area contributed by atoms with Gasteiger partial charge < -0.3 is 10.2 Å². The van der Waals surface area contributed by atoms with Gasteiger partial charge in [0.25, 0.3) is 0 Å². The standard InChI is InChI=1S/C25H34N2O2/c1-6-22(24(29)26-25(3,4)5)27(18-21-15-11-10-12-19(21)2)23(28)17-16-20-13-8-7-9-14-20/h7-15,22H,6,16-18H2,1-5H3,(H,26,29)/t22-/m0/s1. The largest absolute Gasteiger partial charge is 0.350 e. The number of amides is 2. The smallest absolute Gasteiger partial charge is 0.243 e. The van der Waals surface area contributed by atoms with Crippen LogP contribution in [0.1, 0.15) is 57.2 Å². The van der Waals surface area contributed by atoms with Crippen LogP contribution in [0, 0.1) is 6.92 Å². The molecule has 4 nitrogen and oxygen atoms in total. The van der Waals surface area contributed by atoms with Gasteiger partial charge in [-0.1, -0.05) is 61.5 Å². The zero-order chi connectivity index (χ0) is 21.4. The summed E-state index contributed by atoms with van der Waals surface area (Å²) in [6.45, 7) is 10.3. The Morgan fingerprint density at radius 3 is 2.21 bits per heavy atom. The molecular formula is C25H34N2O2. The SMILES string of the molecule is CC[C@@H](C(=O)NC(C)(C)C)N(Cc1ccccc1C)C(=O)CCc1ccccc1. The van der Waals surface area contributed by atoms with Crippen LogP contribution in [0.2, 0.25) is 0 Å². The van der Waals surface area contributed by atoms with Crippen molar-refractivity contribution in [2.45, 2.75) is 72.0 Å². The molecule has 2 rings (SSSR count). The topological polar surface area (TPSA) is 49.4 Å². The van der Waals surface area contributed by atoms with Crippen molar-refractivity contribution in [3.8, 4) is 0 Å². The predicted octanol–water partition coefficient (Wildman–Crippen LogP) is 4.65. The van der Waals surface area contributed by atoms with Gasteiger partial charge in [-0.05, 0) is 57.2 Å². The fourth-order valence-corrected chi connectivity index (χ4v) is 3.38. The van der Waals surface area contributed by atoms with E-state index in [1.807, 2.05) is 89.2 Å². The average molecular weight is 395 g/mol. The number of benzene rings is 2. The molecule has 4 heteroatoms. The van der Waals surface area contributed by atoms with Crippen molar-refractivity contribution in [3.63, 3.8) is 0 Å². The van der Waals surface area contributed by atoms with E-state index in [9.17, 15) is 9.59 Å². The van der Waals surface area contributed by atoms with E-state index in [2.05, 4.69) is 5.32 Å². The summed E-state index contributed by atoms with van der Waals surface area (Å²) < 4.78 is 0. The van der Waals surface area contributed by atoms with E-state index >= 15 is 0 Å². The van der Waals surface area contributed by atoms with Gasteiger partial charge in [0.15, 0.2) is 0 Å². The maximum atomic E-state index is 13.2. The number of nitrogens with one attached hydrogen (secondary N) is 1. The minimum Gasteiger partial charge on any atom is -0.350 e. The molecule has 0 aliphatic heterocycles. The fraction of sp³-hybridized carbons (Fsp3) is 0.440. The van der Waals surface area contributed by atoms with E-state index in [0.717, 1.165) is 16.7 Å². The van der Waals surface area contributed by atoms with Gasteiger partial charge in [0.2, 0.25) is 11.8 Å². The number of aryl methyl sites for hydroxylation is 2. The van der Waals surface area contributed by atoms with Gasteiger partial charge in [-0.3, -0.25) is 9.59 Å². The van der Waals surface area contributed by atoms with Gasteiger partial charge in [0, 0.05) is 18.5 Å². The third-order valence-electron chi connectivity index (χ3n) is 4.96. The highest BCUT2D eigenvalue weighted by Gasteiger charge is 2.30. The van der Waals surface area contributed by atoms with Crippen LogP contribution in [0.5, 0.6) is 0 Å². The lowest BCUT2D eigenvalue weighted by atomic mass is 10.0. The summed E-state index contributed by atoms with van der Waals surface area (Å²) in [5.74, 6) is -0.0883. The Morgan fingerprint density at radius 2 is 1.62 bits per heavy atom. The van der Waals surface area contributed by atoms with Crippen molar-refractivity contribution in [2.24, 2.45) is 0 Å². The van der Waals surface area contributed by atoms with Crippen LogP contribution in [0.3, 0.4) is 0 Å². The van der Waals surface area contributed by atoms with Crippen LogP contribution < -0.4 is 5.32 Å². The summed E-state index contributed by atoms with van der Waals surface area (Å²) in [6, 6.07) is 17.5. The second-order valence-corrected chi connectivity index (χ2v) is 8.60. The van der Waals surface area contributed by atoms with Crippen LogP contribution in [0.15, 0.2) is 54.6 Å². The van der Waals surface area contributed by atoms with E-state index in [-0.39, 0.29) is 17.4 Å². The molecule has 0 aliphatic rings. The molecule has 156 valence electrons. The summed E-state index contributed by atoms with van der Waals surface area (Å²) >= 11 is 0. The first-order chi connectivity index (χ1) is 13.7. The molecule has 0 saturated carbocycles. The lowest BCUT2D eigenvalue weighted by Gasteiger charge is -2.33. The molecule has 0 fully saturated rings. The van der Waals surface area contributed by atoms with Gasteiger partial charge in [0.1, 0.15) is 6.04 Å². The molecule has 0 spiro atoms. The number of hydrogen-bond donors (Lipinski definition) is 1. The molecular weight excluding hydrogens is 360 g/mol. The quantitative estimate of drug-likeness (QED) is 0.708. The van der Waals surface area contributed by atoms with Gasteiger partial charge >= 0.3 is 0 Å². The highest BCUT2D eigenvalue weighted by molar-refractivity contribution is 5.88. The lowest BCUT2D eigenvalue weighted by Crippen LogP contribution is -2.53. The Hall–Kier alpha value is -2.62. The third kappa shape index (κ3) is 7.04. The first kappa shape index (κ1) is 22.7. The van der Waals surface area contributed by atoms with E-state index in [1.54, 1.807) is 4.90 Å². The van der Waals surface area contributed by atoms with Crippen LogP contribution in [-0.2, 0) is 22.6 Å². The predicted molar refractivity (Wildman–Crippen MR) is 118 cm³/mol. The van der Waals surface area contributed by atoms with Crippen molar-refractivity contribution in [1.82, 2.24) is 10.2 Å². The molecule has 0 unspecified atom stereocenters. The van der Waals surface area contributed by atoms with Gasteiger partial charge in [0.05, 0.1) is 0 Å². The van der Waals surface area contributed by atoms with Crippen molar-refractivity contribution >= 4 is 11.8 Å². The van der Waals surface area contributed by atoms with Crippen molar-refractivity contribution in [3.05, 3.63) is 71.3 Å². The zero-order valence-corrected chi connectivity index (χ0v) is 18.4. The number of nitrogens with zero attached hydrogens (tertiary/aromatic N) is 1. The molecule has 0 bridgehead atoms. The Bertz CT molecular complexity index is 809. The average Bonchev–Trinajstić information content (AvgIpc) is 2.67. The lowest BCUT2D eigenvalue weighted by molar-refractivity contribution is -0.142. The van der Waals surface area contributed by atoms with E-state index in [1.165, 1.54) is 0 Å². The molecule has 0 aromatic heterocycles. The number of hydrogen-bond acceptors (Lipinski definition) is 2. The van der Waals surface area contributed by atoms with E-state index in [0.29, 0.717) is 25.8 Å². The first-order valence-corrected chi connectivity index (χ1v) is 10.4. The summed E-state index contributed by atoms with van der Waals surface area (Å²) in [5, 5.41) is 3.05.